The number of hydrogen-bond donors (Lipinski definition) is 0. The zero-order chi connectivity index (χ0) is 26.8. The minimum absolute atomic E-state index is 0.0626. The predicted molar refractivity (Wildman–Crippen MR) is 144 cm³/mol. The van der Waals surface area contributed by atoms with Crippen molar-refractivity contribution in [3.05, 3.63) is 17.5 Å². The Morgan fingerprint density at radius 2 is 1.66 bits per heavy atom. The Labute approximate surface area is 213 Å². The van der Waals surface area contributed by atoms with Crippen molar-refractivity contribution in [1.82, 2.24) is 4.98 Å². The highest BCUT2D eigenvalue weighted by atomic mass is 28.4. The average molecular weight is 505 g/mol. The predicted octanol–water partition coefficient (Wildman–Crippen LogP) is 5.90. The molecule has 3 rings (SSSR count). The van der Waals surface area contributed by atoms with Crippen molar-refractivity contribution in [2.24, 2.45) is 0 Å². The Hall–Kier alpha value is -1.42. The van der Waals surface area contributed by atoms with Gasteiger partial charge in [0.25, 0.3) is 0 Å². The van der Waals surface area contributed by atoms with Gasteiger partial charge in [-0.25, -0.2) is 4.79 Å². The molecule has 0 aliphatic carbocycles. The minimum atomic E-state index is -2.07. The van der Waals surface area contributed by atoms with Gasteiger partial charge in [-0.1, -0.05) is 20.8 Å². The number of ether oxygens (including phenoxy) is 1. The molecule has 1 unspecified atom stereocenters. The molecule has 1 fully saturated rings. The van der Waals surface area contributed by atoms with Crippen LogP contribution in [0.25, 0.3) is 0 Å². The van der Waals surface area contributed by atoms with Gasteiger partial charge in [0.05, 0.1) is 28.7 Å². The van der Waals surface area contributed by atoms with E-state index in [2.05, 4.69) is 33.9 Å². The van der Waals surface area contributed by atoms with Crippen molar-refractivity contribution in [2.45, 2.75) is 124 Å². The van der Waals surface area contributed by atoms with E-state index in [1.807, 2.05) is 61.6 Å². The van der Waals surface area contributed by atoms with Gasteiger partial charge in [-0.3, -0.25) is 9.88 Å². The second-order valence-corrected chi connectivity index (χ2v) is 18.2. The SMILES string of the molecule is Cc1c(B2OC(C)(C)C(C)(C)O2)cnc2c1N(C(=O)OC(C)(C)C)CCC2O[Si](C)(C)C(C)(C)C. The van der Waals surface area contributed by atoms with Gasteiger partial charge in [-0.15, -0.1) is 0 Å². The fourth-order valence-electron chi connectivity index (χ4n) is 4.05. The molecule has 2 aliphatic heterocycles. The van der Waals surface area contributed by atoms with Gasteiger partial charge >= 0.3 is 13.2 Å². The monoisotopic (exact) mass is 504 g/mol. The lowest BCUT2D eigenvalue weighted by atomic mass is 9.76. The molecule has 7 nitrogen and oxygen atoms in total. The number of amides is 1. The summed E-state index contributed by atoms with van der Waals surface area (Å²) in [5.41, 5.74) is 1.71. The Morgan fingerprint density at radius 3 is 2.14 bits per heavy atom. The number of pyridine rings is 1. The van der Waals surface area contributed by atoms with Crippen molar-refractivity contribution in [2.75, 3.05) is 11.4 Å². The minimum Gasteiger partial charge on any atom is -0.443 e. The third-order valence-electron chi connectivity index (χ3n) is 7.93. The van der Waals surface area contributed by atoms with Crippen molar-refractivity contribution < 1.29 is 23.3 Å². The first-order valence-electron chi connectivity index (χ1n) is 12.7. The third kappa shape index (κ3) is 5.48. The lowest BCUT2D eigenvalue weighted by Gasteiger charge is -2.42. The first-order valence-corrected chi connectivity index (χ1v) is 15.6. The topological polar surface area (TPSA) is 70.1 Å². The molecule has 1 saturated heterocycles. The number of fused-ring (bicyclic) bond motifs is 1. The van der Waals surface area contributed by atoms with Gasteiger partial charge in [-0.2, -0.15) is 0 Å². The highest BCUT2D eigenvalue weighted by Crippen LogP contribution is 2.45. The third-order valence-corrected chi connectivity index (χ3v) is 12.4. The molecule has 1 amide bonds. The van der Waals surface area contributed by atoms with Gasteiger partial charge in [0, 0.05) is 18.2 Å². The maximum atomic E-state index is 13.3. The average Bonchev–Trinajstić information content (AvgIpc) is 2.86. The van der Waals surface area contributed by atoms with Gasteiger partial charge in [0.1, 0.15) is 5.60 Å². The largest absolute Gasteiger partial charge is 0.496 e. The van der Waals surface area contributed by atoms with E-state index in [1.165, 1.54) is 0 Å². The molecule has 9 heteroatoms. The highest BCUT2D eigenvalue weighted by molar-refractivity contribution is 6.74. The molecule has 0 spiro atoms. The molecule has 1 aromatic heterocycles. The van der Waals surface area contributed by atoms with Gasteiger partial charge in [0.15, 0.2) is 8.32 Å². The summed E-state index contributed by atoms with van der Waals surface area (Å²) >= 11 is 0. The summed E-state index contributed by atoms with van der Waals surface area (Å²) in [6.07, 6.45) is 1.94. The van der Waals surface area contributed by atoms with Crippen molar-refractivity contribution in [3.63, 3.8) is 0 Å². The number of anilines is 1. The Balaban J connectivity index is 2.08. The lowest BCUT2D eigenvalue weighted by Crippen LogP contribution is -2.47. The maximum Gasteiger partial charge on any atom is 0.496 e. The molecular weight excluding hydrogens is 459 g/mol. The van der Waals surface area contributed by atoms with Crippen molar-refractivity contribution in [3.8, 4) is 0 Å². The van der Waals surface area contributed by atoms with Gasteiger partial charge < -0.3 is 18.5 Å². The molecule has 1 aromatic rings. The van der Waals surface area contributed by atoms with Crippen LogP contribution in [0.15, 0.2) is 6.20 Å². The van der Waals surface area contributed by atoms with Crippen LogP contribution in [-0.2, 0) is 18.5 Å². The molecular formula is C26H45BN2O5Si. The van der Waals surface area contributed by atoms with E-state index in [9.17, 15) is 4.79 Å². The standard InChI is InChI=1S/C26H45BN2O5Si/c1-17-18(27-33-25(8,9)26(10,11)34-27)16-28-20-19(32-35(12,13)24(5,6)7)14-15-29(21(17)20)22(30)31-23(2,3)4/h16,19H,14-15H2,1-13H3. The molecule has 35 heavy (non-hydrogen) atoms. The number of carbonyl (C=O) groups excluding carboxylic acids is 1. The summed E-state index contributed by atoms with van der Waals surface area (Å²) in [4.78, 5) is 19.9. The van der Waals surface area contributed by atoms with Crippen LogP contribution in [0.4, 0.5) is 10.5 Å². The summed E-state index contributed by atoms with van der Waals surface area (Å²) in [6, 6.07) is 0. The van der Waals surface area contributed by atoms with E-state index < -0.39 is 32.2 Å². The van der Waals surface area contributed by atoms with E-state index >= 15 is 0 Å². The van der Waals surface area contributed by atoms with Crippen LogP contribution in [0, 0.1) is 6.92 Å². The van der Waals surface area contributed by atoms with Crippen LogP contribution >= 0.6 is 0 Å². The van der Waals surface area contributed by atoms with Gasteiger partial charge in [-0.05, 0) is 85.5 Å². The normalized spacial score (nSPS) is 22.3. The highest BCUT2D eigenvalue weighted by Gasteiger charge is 2.53. The zero-order valence-corrected chi connectivity index (χ0v) is 25.1. The Bertz CT molecular complexity index is 965. The number of rotatable bonds is 3. The first kappa shape index (κ1) is 28.2. The summed E-state index contributed by atoms with van der Waals surface area (Å²) < 4.78 is 25.3. The van der Waals surface area contributed by atoms with Crippen LogP contribution in [0.1, 0.15) is 93.0 Å². The van der Waals surface area contributed by atoms with Crippen LogP contribution in [0.5, 0.6) is 0 Å². The summed E-state index contributed by atoms with van der Waals surface area (Å²) in [6.45, 7) is 27.5. The van der Waals surface area contributed by atoms with Crippen LogP contribution in [-0.4, -0.2) is 49.9 Å². The summed E-state index contributed by atoms with van der Waals surface area (Å²) in [5.74, 6) is 0. The number of aromatic nitrogens is 1. The fourth-order valence-corrected chi connectivity index (χ4v) is 5.35. The van der Waals surface area contributed by atoms with E-state index in [0.717, 1.165) is 22.4 Å². The molecule has 1 atom stereocenters. The molecule has 0 N–H and O–H groups in total. The van der Waals surface area contributed by atoms with Gasteiger partial charge in [0.2, 0.25) is 0 Å². The van der Waals surface area contributed by atoms with Crippen LogP contribution < -0.4 is 10.4 Å². The van der Waals surface area contributed by atoms with E-state index in [4.69, 9.17) is 23.5 Å². The lowest BCUT2D eigenvalue weighted by molar-refractivity contribution is 0.00578. The fraction of sp³-hybridized carbons (Fsp3) is 0.769. The molecule has 0 bridgehead atoms. The van der Waals surface area contributed by atoms with Crippen LogP contribution in [0.2, 0.25) is 18.1 Å². The second kappa shape index (κ2) is 8.85. The van der Waals surface area contributed by atoms with Crippen LogP contribution in [0.3, 0.4) is 0 Å². The smallest absolute Gasteiger partial charge is 0.443 e. The summed E-state index contributed by atoms with van der Waals surface area (Å²) in [5, 5.41) is 0.0626. The van der Waals surface area contributed by atoms with E-state index in [1.54, 1.807) is 4.90 Å². The molecule has 0 aromatic carbocycles. The molecule has 0 saturated carbocycles. The Kier molecular flexibility index (Phi) is 7.12. The van der Waals surface area contributed by atoms with E-state index in [0.29, 0.717) is 13.0 Å². The Morgan fingerprint density at radius 1 is 1.11 bits per heavy atom. The molecule has 196 valence electrons. The zero-order valence-electron chi connectivity index (χ0n) is 24.1. The van der Waals surface area contributed by atoms with Crippen molar-refractivity contribution >= 4 is 32.7 Å². The summed E-state index contributed by atoms with van der Waals surface area (Å²) in [7, 11) is -2.64. The van der Waals surface area contributed by atoms with E-state index in [-0.39, 0.29) is 17.2 Å². The number of hydrogen-bond acceptors (Lipinski definition) is 6. The number of carbonyl (C=O) groups is 1. The second-order valence-electron chi connectivity index (χ2n) is 13.4. The quantitative estimate of drug-likeness (QED) is 0.478. The molecule has 0 radical (unpaired) electrons. The molecule has 2 aliphatic rings. The maximum absolute atomic E-state index is 13.3. The molecule has 3 heterocycles. The number of nitrogens with zero attached hydrogens (tertiary/aromatic N) is 2. The van der Waals surface area contributed by atoms with Crippen molar-refractivity contribution in [1.29, 1.82) is 0 Å². The first-order chi connectivity index (χ1) is 15.7.